The van der Waals surface area contributed by atoms with Gasteiger partial charge in [0.15, 0.2) is 6.61 Å². The van der Waals surface area contributed by atoms with Crippen LogP contribution in [0.2, 0.25) is 5.02 Å². The molecule has 0 radical (unpaired) electrons. The first-order chi connectivity index (χ1) is 13.8. The molecule has 2 aromatic carbocycles. The maximum atomic E-state index is 13.3. The summed E-state index contributed by atoms with van der Waals surface area (Å²) >= 11 is 5.85. The number of halogens is 2. The highest BCUT2D eigenvalue weighted by molar-refractivity contribution is 6.31. The van der Waals surface area contributed by atoms with E-state index in [1.54, 1.807) is 12.1 Å². The molecule has 0 atom stereocenters. The molecule has 3 rings (SSSR count). The summed E-state index contributed by atoms with van der Waals surface area (Å²) in [7, 11) is 1.47. The molecule has 8 heteroatoms. The predicted molar refractivity (Wildman–Crippen MR) is 107 cm³/mol. The molecule has 0 unspecified atom stereocenters. The Hall–Kier alpha value is -2.64. The van der Waals surface area contributed by atoms with Crippen LogP contribution in [0.3, 0.4) is 0 Å². The molecule has 0 aromatic heterocycles. The number of nitrogens with one attached hydrogen (secondary N) is 1. The van der Waals surface area contributed by atoms with Crippen molar-refractivity contribution in [3.05, 3.63) is 58.9 Å². The van der Waals surface area contributed by atoms with Crippen LogP contribution in [0.5, 0.6) is 0 Å². The molecule has 1 fully saturated rings. The first-order valence-electron chi connectivity index (χ1n) is 9.23. The quantitative estimate of drug-likeness (QED) is 0.795. The summed E-state index contributed by atoms with van der Waals surface area (Å²) in [5.74, 6) is -0.851. The molecule has 0 saturated carbocycles. The van der Waals surface area contributed by atoms with E-state index in [9.17, 15) is 19.1 Å². The maximum absolute atomic E-state index is 13.3. The molecule has 0 aliphatic carbocycles. The van der Waals surface area contributed by atoms with Crippen LogP contribution in [0.15, 0.2) is 42.5 Å². The minimum absolute atomic E-state index is 0.0564. The molecular weight excluding hydrogens is 399 g/mol. The molecular formula is C21H22ClFN2O4. The Morgan fingerprint density at radius 1 is 1.17 bits per heavy atom. The standard InChI is InChI=1S/C21H22ClFN2O4/c1-24-19(26)13-29-20(27)25-10-8-21(28,9-11-25)16-5-2-14(3-6-16)15-4-7-18(23)17(22)12-15/h2-7,12,28H,8-11,13H2,1H3,(H,24,26). The van der Waals surface area contributed by atoms with Crippen molar-refractivity contribution in [2.24, 2.45) is 0 Å². The minimum atomic E-state index is -1.06. The Morgan fingerprint density at radius 2 is 1.79 bits per heavy atom. The lowest BCUT2D eigenvalue weighted by Crippen LogP contribution is -2.45. The zero-order valence-corrected chi connectivity index (χ0v) is 16.7. The lowest BCUT2D eigenvalue weighted by molar-refractivity contribution is -0.124. The smallest absolute Gasteiger partial charge is 0.410 e. The zero-order chi connectivity index (χ0) is 21.0. The van der Waals surface area contributed by atoms with Crippen LogP contribution in [0, 0.1) is 5.82 Å². The third-order valence-electron chi connectivity index (χ3n) is 5.13. The zero-order valence-electron chi connectivity index (χ0n) is 16.0. The highest BCUT2D eigenvalue weighted by Gasteiger charge is 2.36. The Balaban J connectivity index is 1.63. The van der Waals surface area contributed by atoms with Crippen LogP contribution >= 0.6 is 11.6 Å². The van der Waals surface area contributed by atoms with E-state index < -0.39 is 17.5 Å². The molecule has 0 bridgehead atoms. The number of nitrogens with zero attached hydrogens (tertiary/aromatic N) is 1. The van der Waals surface area contributed by atoms with E-state index in [4.69, 9.17) is 16.3 Å². The van der Waals surface area contributed by atoms with Crippen molar-refractivity contribution in [3.63, 3.8) is 0 Å². The van der Waals surface area contributed by atoms with E-state index in [0.29, 0.717) is 25.9 Å². The van der Waals surface area contributed by atoms with Crippen LogP contribution in [0.25, 0.3) is 11.1 Å². The number of likely N-dealkylation sites (tertiary alicyclic amines) is 1. The highest BCUT2D eigenvalue weighted by Crippen LogP contribution is 2.34. The number of carbonyl (C=O) groups is 2. The maximum Gasteiger partial charge on any atom is 0.410 e. The molecule has 1 aliphatic rings. The average molecular weight is 421 g/mol. The number of carbonyl (C=O) groups excluding carboxylic acids is 2. The van der Waals surface area contributed by atoms with Gasteiger partial charge in [0.25, 0.3) is 5.91 Å². The summed E-state index contributed by atoms with van der Waals surface area (Å²) in [4.78, 5) is 24.7. The SMILES string of the molecule is CNC(=O)COC(=O)N1CCC(O)(c2ccc(-c3ccc(F)c(Cl)c3)cc2)CC1. The normalized spacial score (nSPS) is 15.7. The van der Waals surface area contributed by atoms with E-state index in [1.165, 1.54) is 18.0 Å². The molecule has 1 heterocycles. The molecule has 2 amide bonds. The fraction of sp³-hybridized carbons (Fsp3) is 0.333. The topological polar surface area (TPSA) is 78.9 Å². The minimum Gasteiger partial charge on any atom is -0.439 e. The fourth-order valence-electron chi connectivity index (χ4n) is 3.29. The van der Waals surface area contributed by atoms with E-state index in [2.05, 4.69) is 5.32 Å². The number of hydrogen-bond donors (Lipinski definition) is 2. The van der Waals surface area contributed by atoms with Gasteiger partial charge in [-0.3, -0.25) is 4.79 Å². The summed E-state index contributed by atoms with van der Waals surface area (Å²) in [6.45, 7) is 0.307. The first-order valence-corrected chi connectivity index (χ1v) is 9.61. The predicted octanol–water partition coefficient (Wildman–Crippen LogP) is 3.31. The molecule has 2 aromatic rings. The molecule has 0 spiro atoms. The largest absolute Gasteiger partial charge is 0.439 e. The van der Waals surface area contributed by atoms with Crippen molar-refractivity contribution in [3.8, 4) is 11.1 Å². The Morgan fingerprint density at radius 3 is 2.38 bits per heavy atom. The molecule has 1 aliphatic heterocycles. The number of ether oxygens (including phenoxy) is 1. The number of likely N-dealkylation sites (N-methyl/N-ethyl adjacent to an activating group) is 1. The van der Waals surface area contributed by atoms with Gasteiger partial charge < -0.3 is 20.1 Å². The summed E-state index contributed by atoms with van der Waals surface area (Å²) in [5.41, 5.74) is 1.32. The van der Waals surface area contributed by atoms with E-state index in [-0.39, 0.29) is 17.5 Å². The third kappa shape index (κ3) is 4.86. The van der Waals surface area contributed by atoms with E-state index in [0.717, 1.165) is 16.7 Å². The molecule has 2 N–H and O–H groups in total. The number of hydrogen-bond acceptors (Lipinski definition) is 4. The molecule has 1 saturated heterocycles. The average Bonchev–Trinajstić information content (AvgIpc) is 2.74. The molecule has 29 heavy (non-hydrogen) atoms. The summed E-state index contributed by atoms with van der Waals surface area (Å²) in [6, 6.07) is 11.9. The Labute approximate surface area is 173 Å². The molecule has 154 valence electrons. The highest BCUT2D eigenvalue weighted by atomic mass is 35.5. The Bertz CT molecular complexity index is 896. The van der Waals surface area contributed by atoms with Crippen molar-refractivity contribution >= 4 is 23.6 Å². The second-order valence-electron chi connectivity index (χ2n) is 6.95. The third-order valence-corrected chi connectivity index (χ3v) is 5.42. The number of rotatable bonds is 4. The second-order valence-corrected chi connectivity index (χ2v) is 7.36. The van der Waals surface area contributed by atoms with Gasteiger partial charge in [-0.15, -0.1) is 0 Å². The van der Waals surface area contributed by atoms with Crippen molar-refractivity contribution < 1.29 is 23.8 Å². The van der Waals surface area contributed by atoms with Gasteiger partial charge in [0.1, 0.15) is 5.82 Å². The second kappa shape index (κ2) is 8.80. The summed E-state index contributed by atoms with van der Waals surface area (Å²) in [5, 5.41) is 13.5. The van der Waals surface area contributed by atoms with Crippen LogP contribution < -0.4 is 5.32 Å². The summed E-state index contributed by atoms with van der Waals surface area (Å²) in [6.07, 6.45) is 0.132. The van der Waals surface area contributed by atoms with Gasteiger partial charge in [0.2, 0.25) is 0 Å². The summed E-state index contributed by atoms with van der Waals surface area (Å²) < 4.78 is 18.3. The monoisotopic (exact) mass is 420 g/mol. The van der Waals surface area contributed by atoms with Gasteiger partial charge in [-0.2, -0.15) is 0 Å². The van der Waals surface area contributed by atoms with Gasteiger partial charge in [0, 0.05) is 20.1 Å². The number of piperidine rings is 1. The van der Waals surface area contributed by atoms with Crippen molar-refractivity contribution in [1.82, 2.24) is 10.2 Å². The number of aliphatic hydroxyl groups is 1. The van der Waals surface area contributed by atoms with Crippen LogP contribution in [-0.2, 0) is 15.1 Å². The number of amides is 2. The van der Waals surface area contributed by atoms with E-state index >= 15 is 0 Å². The first kappa shape index (κ1) is 21.1. The van der Waals surface area contributed by atoms with Gasteiger partial charge in [-0.05, 0) is 41.7 Å². The lowest BCUT2D eigenvalue weighted by atomic mass is 9.84. The van der Waals surface area contributed by atoms with Gasteiger partial charge >= 0.3 is 6.09 Å². The van der Waals surface area contributed by atoms with Crippen LogP contribution in [0.1, 0.15) is 18.4 Å². The number of benzene rings is 2. The van der Waals surface area contributed by atoms with Crippen molar-refractivity contribution in [1.29, 1.82) is 0 Å². The van der Waals surface area contributed by atoms with Gasteiger partial charge in [0.05, 0.1) is 10.6 Å². The fourth-order valence-corrected chi connectivity index (χ4v) is 3.47. The van der Waals surface area contributed by atoms with Crippen molar-refractivity contribution in [2.45, 2.75) is 18.4 Å². The van der Waals surface area contributed by atoms with E-state index in [1.807, 2.05) is 24.3 Å². The molecule has 6 nitrogen and oxygen atoms in total. The van der Waals surface area contributed by atoms with Crippen LogP contribution in [-0.4, -0.2) is 48.8 Å². The lowest BCUT2D eigenvalue weighted by Gasteiger charge is -2.38. The van der Waals surface area contributed by atoms with Gasteiger partial charge in [-0.1, -0.05) is 41.9 Å². The van der Waals surface area contributed by atoms with Crippen molar-refractivity contribution in [2.75, 3.05) is 26.7 Å². The van der Waals surface area contributed by atoms with Crippen LogP contribution in [0.4, 0.5) is 9.18 Å². The Kier molecular flexibility index (Phi) is 6.39. The van der Waals surface area contributed by atoms with Gasteiger partial charge in [-0.25, -0.2) is 9.18 Å².